The third-order valence-electron chi connectivity index (χ3n) is 3.64. The molecule has 108 valence electrons. The highest BCUT2D eigenvalue weighted by molar-refractivity contribution is 6.21. The Labute approximate surface area is 120 Å². The lowest BCUT2D eigenvalue weighted by Gasteiger charge is -2.16. The summed E-state index contributed by atoms with van der Waals surface area (Å²) in [5.74, 6) is -0.306. The van der Waals surface area contributed by atoms with Crippen LogP contribution in [-0.4, -0.2) is 35.8 Å². The number of imide groups is 1. The maximum Gasteiger partial charge on any atom is 0.261 e. The molecule has 0 saturated heterocycles. The molecule has 20 heavy (non-hydrogen) atoms. The van der Waals surface area contributed by atoms with Gasteiger partial charge in [0.2, 0.25) is 0 Å². The normalized spacial score (nSPS) is 15.6. The van der Waals surface area contributed by atoms with Crippen molar-refractivity contribution in [1.29, 1.82) is 0 Å². The summed E-state index contributed by atoms with van der Waals surface area (Å²) in [6.45, 7) is 5.79. The Kier molecular flexibility index (Phi) is 4.90. The van der Waals surface area contributed by atoms with Crippen LogP contribution in [0.25, 0.3) is 0 Å². The van der Waals surface area contributed by atoms with Crippen molar-refractivity contribution in [3.63, 3.8) is 0 Å². The number of nitrogens with zero attached hydrogens (tertiary/aromatic N) is 1. The molecule has 2 rings (SSSR count). The molecule has 0 aromatic heterocycles. The van der Waals surface area contributed by atoms with Gasteiger partial charge in [-0.25, -0.2) is 0 Å². The fourth-order valence-corrected chi connectivity index (χ4v) is 2.49. The third kappa shape index (κ3) is 3.07. The Balaban J connectivity index is 1.86. The van der Waals surface area contributed by atoms with Gasteiger partial charge in [-0.15, -0.1) is 0 Å². The average Bonchev–Trinajstić information content (AvgIpc) is 2.70. The highest BCUT2D eigenvalue weighted by atomic mass is 16.2. The van der Waals surface area contributed by atoms with E-state index in [2.05, 4.69) is 19.2 Å². The van der Waals surface area contributed by atoms with Crippen molar-refractivity contribution in [3.8, 4) is 0 Å². The van der Waals surface area contributed by atoms with Crippen LogP contribution in [0.3, 0.4) is 0 Å². The molecule has 0 aliphatic carbocycles. The van der Waals surface area contributed by atoms with Gasteiger partial charge >= 0.3 is 0 Å². The fourth-order valence-electron chi connectivity index (χ4n) is 2.49. The number of nitrogens with one attached hydrogen (secondary N) is 1. The zero-order chi connectivity index (χ0) is 14.5. The quantitative estimate of drug-likeness (QED) is 0.777. The second-order valence-corrected chi connectivity index (χ2v) is 5.30. The Hall–Kier alpha value is -1.68. The second-order valence-electron chi connectivity index (χ2n) is 5.30. The average molecular weight is 274 g/mol. The van der Waals surface area contributed by atoms with Crippen molar-refractivity contribution in [2.75, 3.05) is 13.1 Å². The van der Waals surface area contributed by atoms with Crippen LogP contribution in [0.15, 0.2) is 24.3 Å². The fraction of sp³-hybridized carbons (Fsp3) is 0.500. The van der Waals surface area contributed by atoms with Crippen molar-refractivity contribution >= 4 is 11.8 Å². The van der Waals surface area contributed by atoms with Crippen LogP contribution in [-0.2, 0) is 0 Å². The maximum atomic E-state index is 12.1. The number of hydrogen-bond acceptors (Lipinski definition) is 3. The molecule has 1 aromatic carbocycles. The molecule has 4 nitrogen and oxygen atoms in total. The van der Waals surface area contributed by atoms with Gasteiger partial charge in [-0.2, -0.15) is 0 Å². The summed E-state index contributed by atoms with van der Waals surface area (Å²) in [6, 6.07) is 7.46. The minimum atomic E-state index is -0.153. The van der Waals surface area contributed by atoms with Crippen molar-refractivity contribution in [1.82, 2.24) is 10.2 Å². The van der Waals surface area contributed by atoms with Crippen LogP contribution in [0.4, 0.5) is 0 Å². The first-order valence-corrected chi connectivity index (χ1v) is 7.33. The zero-order valence-corrected chi connectivity index (χ0v) is 12.2. The summed E-state index contributed by atoms with van der Waals surface area (Å²) in [4.78, 5) is 25.7. The van der Waals surface area contributed by atoms with Crippen LogP contribution in [0.5, 0.6) is 0 Å². The first-order chi connectivity index (χ1) is 9.65. The van der Waals surface area contributed by atoms with Crippen LogP contribution >= 0.6 is 0 Å². The lowest BCUT2D eigenvalue weighted by Crippen LogP contribution is -2.32. The van der Waals surface area contributed by atoms with Gasteiger partial charge in [0.1, 0.15) is 0 Å². The summed E-state index contributed by atoms with van der Waals surface area (Å²) in [5, 5.41) is 3.41. The molecule has 1 aliphatic rings. The number of carbonyl (C=O) groups excluding carboxylic acids is 2. The van der Waals surface area contributed by atoms with E-state index in [-0.39, 0.29) is 11.8 Å². The van der Waals surface area contributed by atoms with E-state index in [1.807, 2.05) is 0 Å². The Bertz CT molecular complexity index is 464. The summed E-state index contributed by atoms with van der Waals surface area (Å²) >= 11 is 0. The molecule has 0 radical (unpaired) electrons. The van der Waals surface area contributed by atoms with E-state index in [0.717, 1.165) is 25.8 Å². The van der Waals surface area contributed by atoms with Gasteiger partial charge in [-0.05, 0) is 44.9 Å². The van der Waals surface area contributed by atoms with Crippen LogP contribution < -0.4 is 5.32 Å². The molecule has 1 unspecified atom stereocenters. The molecule has 1 atom stereocenters. The lowest BCUT2D eigenvalue weighted by atomic mass is 10.1. The number of rotatable bonds is 7. The topological polar surface area (TPSA) is 49.4 Å². The highest BCUT2D eigenvalue weighted by Gasteiger charge is 2.34. The second kappa shape index (κ2) is 6.66. The highest BCUT2D eigenvalue weighted by Crippen LogP contribution is 2.22. The Morgan fingerprint density at radius 2 is 1.75 bits per heavy atom. The van der Waals surface area contributed by atoms with Gasteiger partial charge in [0.25, 0.3) is 11.8 Å². The van der Waals surface area contributed by atoms with E-state index in [9.17, 15) is 9.59 Å². The third-order valence-corrected chi connectivity index (χ3v) is 3.64. The minimum absolute atomic E-state index is 0.153. The van der Waals surface area contributed by atoms with E-state index in [1.165, 1.54) is 4.90 Å². The van der Waals surface area contributed by atoms with Crippen molar-refractivity contribution < 1.29 is 9.59 Å². The van der Waals surface area contributed by atoms with E-state index in [1.54, 1.807) is 24.3 Å². The summed E-state index contributed by atoms with van der Waals surface area (Å²) < 4.78 is 0. The van der Waals surface area contributed by atoms with E-state index in [4.69, 9.17) is 0 Å². The zero-order valence-electron chi connectivity index (χ0n) is 12.2. The van der Waals surface area contributed by atoms with Crippen LogP contribution in [0.2, 0.25) is 0 Å². The van der Waals surface area contributed by atoms with Gasteiger partial charge in [0.05, 0.1) is 11.1 Å². The first kappa shape index (κ1) is 14.7. The summed E-state index contributed by atoms with van der Waals surface area (Å²) in [7, 11) is 0. The largest absolute Gasteiger partial charge is 0.314 e. The minimum Gasteiger partial charge on any atom is -0.314 e. The number of benzene rings is 1. The molecule has 1 N–H and O–H groups in total. The van der Waals surface area contributed by atoms with Crippen molar-refractivity contribution in [2.24, 2.45) is 0 Å². The number of carbonyl (C=O) groups is 2. The maximum absolute atomic E-state index is 12.1. The van der Waals surface area contributed by atoms with Gasteiger partial charge in [0, 0.05) is 12.6 Å². The van der Waals surface area contributed by atoms with E-state index in [0.29, 0.717) is 23.7 Å². The van der Waals surface area contributed by atoms with Crippen LogP contribution in [0, 0.1) is 0 Å². The number of amides is 2. The lowest BCUT2D eigenvalue weighted by molar-refractivity contribution is 0.0650. The van der Waals surface area contributed by atoms with Gasteiger partial charge < -0.3 is 5.32 Å². The monoisotopic (exact) mass is 274 g/mol. The van der Waals surface area contributed by atoms with Gasteiger partial charge in [-0.3, -0.25) is 14.5 Å². The van der Waals surface area contributed by atoms with Gasteiger partial charge in [-0.1, -0.05) is 19.1 Å². The summed E-state index contributed by atoms with van der Waals surface area (Å²) in [6.07, 6.45) is 2.92. The smallest absolute Gasteiger partial charge is 0.261 e. The molecular formula is C16H22N2O2. The summed E-state index contributed by atoms with van der Waals surface area (Å²) in [5.41, 5.74) is 1.07. The van der Waals surface area contributed by atoms with Crippen molar-refractivity contribution in [2.45, 2.75) is 39.2 Å². The molecule has 0 spiro atoms. The molecule has 1 aromatic rings. The molecule has 4 heteroatoms. The molecule has 1 aliphatic heterocycles. The number of hydrogen-bond donors (Lipinski definition) is 1. The molecule has 0 saturated carbocycles. The van der Waals surface area contributed by atoms with Gasteiger partial charge in [0.15, 0.2) is 0 Å². The Morgan fingerprint density at radius 3 is 2.30 bits per heavy atom. The van der Waals surface area contributed by atoms with Crippen LogP contribution in [0.1, 0.15) is 53.8 Å². The molecule has 2 amide bonds. The standard InChI is InChI=1S/C16H22N2O2/c1-3-10-17-12(2)7-6-11-18-15(19)13-8-4-5-9-14(13)16(18)20/h4-5,8-9,12,17H,3,6-7,10-11H2,1-2H3. The van der Waals surface area contributed by atoms with E-state index < -0.39 is 0 Å². The SMILES string of the molecule is CCCNC(C)CCCN1C(=O)c2ccccc2C1=O. The first-order valence-electron chi connectivity index (χ1n) is 7.33. The predicted octanol–water partition coefficient (Wildman–Crippen LogP) is 2.45. The molecular weight excluding hydrogens is 252 g/mol. The Morgan fingerprint density at radius 1 is 1.15 bits per heavy atom. The molecule has 1 heterocycles. The predicted molar refractivity (Wildman–Crippen MR) is 78.8 cm³/mol. The molecule has 0 fully saturated rings. The van der Waals surface area contributed by atoms with E-state index >= 15 is 0 Å². The molecule has 0 bridgehead atoms. The van der Waals surface area contributed by atoms with Crippen molar-refractivity contribution in [3.05, 3.63) is 35.4 Å². The number of fused-ring (bicyclic) bond motifs is 1.